The molecule has 0 atom stereocenters. The lowest BCUT2D eigenvalue weighted by Crippen LogP contribution is -2.89. The summed E-state index contributed by atoms with van der Waals surface area (Å²) < 4.78 is 93.4. The summed E-state index contributed by atoms with van der Waals surface area (Å²) in [4.78, 5) is 0. The molecule has 6 fully saturated rings. The predicted molar refractivity (Wildman–Crippen MR) is 221 cm³/mol. The maximum atomic E-state index is 7.81. The highest BCUT2D eigenvalue weighted by Gasteiger charge is 2.83. The molecule has 8 bridgehead atoms. The molecule has 6 rings (SSSR count). The SMILES string of the molecule is CC(C)C[Si]12O[Si]3(CC(C)C)O[Si]4(CC(C)C)O[Si](CC(C)C)(O1)O[Si]1(CC(C)C)O[Si](CC(C)C)(O2)O[Si](CC(C)C)(O3)O[Si](CC(C)(C)C)(O4)O1. The summed E-state index contributed by atoms with van der Waals surface area (Å²) >= 11 is 0. The van der Waals surface area contributed by atoms with Gasteiger partial charge in [0.2, 0.25) is 0 Å². The summed E-state index contributed by atoms with van der Waals surface area (Å²) in [7, 11) is -31.1. The normalized spacial score (nSPS) is 41.7. The Kier molecular flexibility index (Phi) is 13.4. The summed E-state index contributed by atoms with van der Waals surface area (Å²) in [5, 5.41) is 0. The molecular weight excluding hydrogens is 813 g/mol. The van der Waals surface area contributed by atoms with Gasteiger partial charge in [0.05, 0.1) is 0 Å². The van der Waals surface area contributed by atoms with Crippen molar-refractivity contribution < 1.29 is 49.4 Å². The number of hydrogen-bond acceptors (Lipinski definition) is 12. The second kappa shape index (κ2) is 15.7. The third-order valence-corrected chi connectivity index (χ3v) is 49.7. The van der Waals surface area contributed by atoms with Crippen LogP contribution >= 0.6 is 0 Å². The zero-order valence-corrected chi connectivity index (χ0v) is 44.1. The van der Waals surface area contributed by atoms with E-state index in [1.165, 1.54) is 0 Å². The average molecular weight is 888 g/mol. The molecular formula is C33H74O12Si8. The van der Waals surface area contributed by atoms with Gasteiger partial charge in [0.15, 0.2) is 0 Å². The second-order valence-corrected chi connectivity index (χ2v) is 44.5. The monoisotopic (exact) mass is 886 g/mol. The third-order valence-electron chi connectivity index (χ3n) is 9.09. The second-order valence-electron chi connectivity index (χ2n) is 20.6. The first kappa shape index (κ1) is 45.3. The summed E-state index contributed by atoms with van der Waals surface area (Å²) in [6.07, 6.45) is 0. The van der Waals surface area contributed by atoms with Crippen molar-refractivity contribution in [2.24, 2.45) is 46.8 Å². The van der Waals surface area contributed by atoms with Crippen molar-refractivity contribution in [3.8, 4) is 0 Å². The van der Waals surface area contributed by atoms with Gasteiger partial charge in [0.25, 0.3) is 0 Å². The fraction of sp³-hybridized carbons (Fsp3) is 1.00. The molecule has 0 aromatic heterocycles. The third kappa shape index (κ3) is 10.7. The van der Waals surface area contributed by atoms with Crippen molar-refractivity contribution in [3.63, 3.8) is 0 Å². The average Bonchev–Trinajstić information content (AvgIpc) is 2.79. The zero-order valence-electron chi connectivity index (χ0n) is 36.1. The lowest BCUT2D eigenvalue weighted by atomic mass is 10.0. The lowest BCUT2D eigenvalue weighted by molar-refractivity contribution is -0.0353. The van der Waals surface area contributed by atoms with Crippen molar-refractivity contribution in [2.45, 2.75) is 166 Å². The Morgan fingerprint density at radius 3 is 0.509 bits per heavy atom. The molecule has 0 radical (unpaired) electrons. The summed E-state index contributed by atoms with van der Waals surface area (Å²) in [5.41, 5.74) is -0.278. The predicted octanol–water partition coefficient (Wildman–Crippen LogP) is 9.40. The van der Waals surface area contributed by atoms with Gasteiger partial charge in [-0.15, -0.1) is 0 Å². The minimum atomic E-state index is -3.92. The van der Waals surface area contributed by atoms with Gasteiger partial charge in [-0.05, 0) is 46.8 Å². The first-order valence-corrected chi connectivity index (χ1v) is 36.0. The van der Waals surface area contributed by atoms with Gasteiger partial charge in [0.1, 0.15) is 0 Å². The minimum absolute atomic E-state index is 0.140. The molecule has 53 heavy (non-hydrogen) atoms. The van der Waals surface area contributed by atoms with Crippen LogP contribution in [0.15, 0.2) is 0 Å². The van der Waals surface area contributed by atoms with E-state index >= 15 is 0 Å². The molecule has 12 nitrogen and oxygen atoms in total. The zero-order chi connectivity index (χ0) is 39.7. The molecule has 0 N–H and O–H groups in total. The van der Waals surface area contributed by atoms with Gasteiger partial charge < -0.3 is 49.4 Å². The van der Waals surface area contributed by atoms with Crippen LogP contribution in [0.1, 0.15) is 118 Å². The number of hydrogen-bond donors (Lipinski definition) is 0. The molecule has 0 unspecified atom stereocenters. The molecule has 20 heteroatoms. The largest absolute Gasteiger partial charge is 0.479 e. The molecule has 6 saturated heterocycles. The fourth-order valence-corrected chi connectivity index (χ4v) is 60.4. The Morgan fingerprint density at radius 1 is 0.264 bits per heavy atom. The summed E-state index contributed by atoms with van der Waals surface area (Å²) in [6, 6.07) is 4.01. The summed E-state index contributed by atoms with van der Waals surface area (Å²) in [5.74, 6) is 0.996. The topological polar surface area (TPSA) is 111 Å². The maximum absolute atomic E-state index is 7.81. The quantitative estimate of drug-likeness (QED) is 0.146. The molecule has 0 aromatic carbocycles. The fourth-order valence-electron chi connectivity index (χ4n) is 8.48. The van der Waals surface area contributed by atoms with Crippen LogP contribution in [0.3, 0.4) is 0 Å². The van der Waals surface area contributed by atoms with Crippen molar-refractivity contribution in [1.82, 2.24) is 0 Å². The van der Waals surface area contributed by atoms with Crippen LogP contribution in [0.2, 0.25) is 48.4 Å². The molecule has 6 heterocycles. The summed E-state index contributed by atoms with van der Waals surface area (Å²) in [6.45, 7) is 37.1. The van der Waals surface area contributed by atoms with Crippen LogP contribution in [0.25, 0.3) is 0 Å². The van der Waals surface area contributed by atoms with Gasteiger partial charge in [-0.1, -0.05) is 118 Å². The molecule has 0 aliphatic carbocycles. The molecule has 310 valence electrons. The van der Waals surface area contributed by atoms with Crippen LogP contribution in [0.4, 0.5) is 0 Å². The first-order chi connectivity index (χ1) is 24.1. The standard InChI is InChI=1S/C33H74O12Si8/c1-26(2)18-46-34-47(19-27(3)4)37-50(22-30(9)10)39-48(35-46,20-28(5)6)41-52(24-32(13)14)42-49(36-46,21-29(7)8)40-51(38-47,23-31(11)12)44-53(43-50,45-52)25-33(15,16)17/h26-32H,18-25H2,1-17H3. The van der Waals surface area contributed by atoms with Gasteiger partial charge >= 0.3 is 70.4 Å². The van der Waals surface area contributed by atoms with Gasteiger partial charge in [0, 0.05) is 48.4 Å². The van der Waals surface area contributed by atoms with E-state index in [0.29, 0.717) is 48.4 Å². The Hall–Kier alpha value is 1.26. The van der Waals surface area contributed by atoms with Gasteiger partial charge in [-0.2, -0.15) is 0 Å². The van der Waals surface area contributed by atoms with Crippen molar-refractivity contribution in [1.29, 1.82) is 0 Å². The molecule has 6 aliphatic heterocycles. The van der Waals surface area contributed by atoms with E-state index in [1.807, 2.05) is 0 Å². The molecule has 0 saturated carbocycles. The number of rotatable bonds is 15. The van der Waals surface area contributed by atoms with E-state index in [0.717, 1.165) is 0 Å². The molecule has 0 aromatic rings. The van der Waals surface area contributed by atoms with E-state index in [9.17, 15) is 0 Å². The molecule has 0 amide bonds. The van der Waals surface area contributed by atoms with Crippen molar-refractivity contribution in [3.05, 3.63) is 0 Å². The minimum Gasteiger partial charge on any atom is -0.373 e. The van der Waals surface area contributed by atoms with Crippen LogP contribution in [-0.4, -0.2) is 70.4 Å². The van der Waals surface area contributed by atoms with Crippen molar-refractivity contribution >= 4 is 70.4 Å². The van der Waals surface area contributed by atoms with E-state index < -0.39 is 70.4 Å². The molecule has 0 spiro atoms. The highest BCUT2D eigenvalue weighted by molar-refractivity contribution is 7.03. The Labute approximate surface area is 331 Å². The Bertz CT molecular complexity index is 1130. The van der Waals surface area contributed by atoms with Gasteiger partial charge in [-0.25, -0.2) is 0 Å². The first-order valence-electron chi connectivity index (χ1n) is 20.5. The van der Waals surface area contributed by atoms with Crippen LogP contribution in [-0.2, 0) is 49.4 Å². The van der Waals surface area contributed by atoms with Crippen LogP contribution in [0.5, 0.6) is 0 Å². The van der Waals surface area contributed by atoms with E-state index in [1.54, 1.807) is 0 Å². The maximum Gasteiger partial charge on any atom is 0.479 e. The van der Waals surface area contributed by atoms with Crippen LogP contribution in [0, 0.1) is 46.8 Å². The highest BCUT2D eigenvalue weighted by Crippen LogP contribution is 2.56. The van der Waals surface area contributed by atoms with Crippen molar-refractivity contribution in [2.75, 3.05) is 0 Å². The van der Waals surface area contributed by atoms with E-state index in [-0.39, 0.29) is 46.8 Å². The molecule has 6 aliphatic rings. The van der Waals surface area contributed by atoms with Crippen LogP contribution < -0.4 is 0 Å². The van der Waals surface area contributed by atoms with E-state index in [2.05, 4.69) is 118 Å². The Morgan fingerprint density at radius 2 is 0.396 bits per heavy atom. The Balaban J connectivity index is 1.98. The highest BCUT2D eigenvalue weighted by atomic mass is 28.6. The smallest absolute Gasteiger partial charge is 0.373 e. The van der Waals surface area contributed by atoms with E-state index in [4.69, 9.17) is 49.4 Å². The van der Waals surface area contributed by atoms with Gasteiger partial charge in [-0.3, -0.25) is 0 Å². The lowest BCUT2D eigenvalue weighted by Gasteiger charge is -2.64.